The molecule has 0 saturated heterocycles. The van der Waals surface area contributed by atoms with Crippen molar-refractivity contribution in [2.24, 2.45) is 5.92 Å². The highest BCUT2D eigenvalue weighted by Crippen LogP contribution is 2.32. The predicted molar refractivity (Wildman–Crippen MR) is 101 cm³/mol. The average molecular weight is 357 g/mol. The van der Waals surface area contributed by atoms with Gasteiger partial charge in [-0.25, -0.2) is 0 Å². The summed E-state index contributed by atoms with van der Waals surface area (Å²) in [5, 5.41) is 4.08. The quantitative estimate of drug-likeness (QED) is 0.800. The van der Waals surface area contributed by atoms with Crippen LogP contribution in [-0.2, 0) is 13.1 Å². The molecule has 1 N–H and O–H groups in total. The van der Waals surface area contributed by atoms with Gasteiger partial charge in [0.15, 0.2) is 16.6 Å². The lowest BCUT2D eigenvalue weighted by molar-refractivity contribution is 0.174. The lowest BCUT2D eigenvalue weighted by atomic mass is 10.2. The molecule has 1 aromatic carbocycles. The van der Waals surface area contributed by atoms with E-state index in [1.807, 2.05) is 36.4 Å². The molecule has 132 valence electrons. The largest absolute Gasteiger partial charge is 0.454 e. The molecule has 0 saturated carbocycles. The number of aromatic nitrogens is 1. The van der Waals surface area contributed by atoms with Crippen LogP contribution in [0, 0.1) is 5.92 Å². The van der Waals surface area contributed by atoms with E-state index in [1.165, 1.54) is 0 Å². The third-order valence-corrected chi connectivity index (χ3v) is 4.24. The number of hydrogen-bond acceptors (Lipinski definition) is 4. The van der Waals surface area contributed by atoms with Crippen LogP contribution in [0.3, 0.4) is 0 Å². The molecule has 6 heteroatoms. The molecule has 0 atom stereocenters. The zero-order valence-electron chi connectivity index (χ0n) is 14.6. The Kier molecular flexibility index (Phi) is 5.71. The lowest BCUT2D eigenvalue weighted by Crippen LogP contribution is -2.40. The fourth-order valence-electron chi connectivity index (χ4n) is 2.55. The smallest absolute Gasteiger partial charge is 0.231 e. The molecule has 0 fully saturated rings. The summed E-state index contributed by atoms with van der Waals surface area (Å²) >= 11 is 5.62. The summed E-state index contributed by atoms with van der Waals surface area (Å²) in [4.78, 5) is 6.54. The molecule has 5 nitrogen and oxygen atoms in total. The fourth-order valence-corrected chi connectivity index (χ4v) is 2.76. The molecule has 0 radical (unpaired) electrons. The molecule has 25 heavy (non-hydrogen) atoms. The van der Waals surface area contributed by atoms with Crippen LogP contribution >= 0.6 is 12.2 Å². The van der Waals surface area contributed by atoms with E-state index in [0.29, 0.717) is 19.0 Å². The number of pyridine rings is 1. The van der Waals surface area contributed by atoms with Gasteiger partial charge in [-0.2, -0.15) is 0 Å². The van der Waals surface area contributed by atoms with Crippen LogP contribution in [0.5, 0.6) is 11.5 Å². The van der Waals surface area contributed by atoms with E-state index >= 15 is 0 Å². The van der Waals surface area contributed by atoms with Crippen LogP contribution in [0.2, 0.25) is 0 Å². The number of hydrogen-bond donors (Lipinski definition) is 1. The third-order valence-electron chi connectivity index (χ3n) is 3.84. The fraction of sp³-hybridized carbons (Fsp3) is 0.368. The van der Waals surface area contributed by atoms with Gasteiger partial charge in [0.2, 0.25) is 6.79 Å². The van der Waals surface area contributed by atoms with E-state index in [0.717, 1.165) is 34.4 Å². The minimum absolute atomic E-state index is 0.283. The van der Waals surface area contributed by atoms with Crippen LogP contribution < -0.4 is 14.8 Å². The molecule has 2 aromatic rings. The van der Waals surface area contributed by atoms with Crippen LogP contribution in [0.4, 0.5) is 0 Å². The van der Waals surface area contributed by atoms with Crippen molar-refractivity contribution < 1.29 is 9.47 Å². The Hall–Kier alpha value is -2.34. The molecule has 2 heterocycles. The van der Waals surface area contributed by atoms with Crippen LogP contribution in [0.1, 0.15) is 25.1 Å². The van der Waals surface area contributed by atoms with Gasteiger partial charge in [0.1, 0.15) is 0 Å². The van der Waals surface area contributed by atoms with Gasteiger partial charge in [0.05, 0.1) is 12.2 Å². The zero-order chi connectivity index (χ0) is 17.6. The molecule has 1 aliphatic rings. The van der Waals surface area contributed by atoms with Crippen molar-refractivity contribution in [3.63, 3.8) is 0 Å². The first kappa shape index (κ1) is 17.5. The van der Waals surface area contributed by atoms with Gasteiger partial charge in [-0.15, -0.1) is 0 Å². The van der Waals surface area contributed by atoms with Crippen molar-refractivity contribution in [1.29, 1.82) is 0 Å². The first-order valence-corrected chi connectivity index (χ1v) is 8.84. The monoisotopic (exact) mass is 357 g/mol. The van der Waals surface area contributed by atoms with Crippen LogP contribution in [0.25, 0.3) is 0 Å². The molecule has 1 aromatic heterocycles. The molecule has 0 aliphatic carbocycles. The van der Waals surface area contributed by atoms with Gasteiger partial charge in [0.25, 0.3) is 0 Å². The first-order valence-electron chi connectivity index (χ1n) is 8.43. The summed E-state index contributed by atoms with van der Waals surface area (Å²) in [5.74, 6) is 2.11. The van der Waals surface area contributed by atoms with Crippen LogP contribution in [-0.4, -0.2) is 28.3 Å². The van der Waals surface area contributed by atoms with E-state index in [9.17, 15) is 0 Å². The van der Waals surface area contributed by atoms with Gasteiger partial charge in [-0.3, -0.25) is 4.98 Å². The number of rotatable bonds is 6. The topological polar surface area (TPSA) is 46.6 Å². The highest BCUT2D eigenvalue weighted by molar-refractivity contribution is 7.80. The van der Waals surface area contributed by atoms with Crippen molar-refractivity contribution in [3.8, 4) is 11.5 Å². The van der Waals surface area contributed by atoms with Gasteiger partial charge in [-0.1, -0.05) is 26.0 Å². The molecule has 0 bridgehead atoms. The second-order valence-corrected chi connectivity index (χ2v) is 6.83. The molecule has 1 aliphatic heterocycles. The summed E-state index contributed by atoms with van der Waals surface area (Å²) < 4.78 is 10.9. The van der Waals surface area contributed by atoms with Gasteiger partial charge >= 0.3 is 0 Å². The van der Waals surface area contributed by atoms with Crippen LogP contribution in [0.15, 0.2) is 42.6 Å². The Labute approximate surface area is 154 Å². The SMILES string of the molecule is CC(C)CNC(=S)N(Cc1ccc2c(c1)OCO2)Cc1ccccn1. The summed E-state index contributed by atoms with van der Waals surface area (Å²) in [6.45, 7) is 6.78. The standard InChI is InChI=1S/C19H23N3O2S/c1-14(2)10-21-19(25)22(12-16-5-3-4-8-20-16)11-15-6-7-17-18(9-15)24-13-23-17/h3-9,14H,10-13H2,1-2H3,(H,21,25). The number of ether oxygens (including phenoxy) is 2. The maximum Gasteiger partial charge on any atom is 0.231 e. The van der Waals surface area contributed by atoms with Gasteiger partial charge in [0, 0.05) is 19.3 Å². The van der Waals surface area contributed by atoms with Crippen molar-refractivity contribution in [2.75, 3.05) is 13.3 Å². The average Bonchev–Trinajstić information content (AvgIpc) is 3.07. The number of nitrogens with zero attached hydrogens (tertiary/aromatic N) is 2. The number of fused-ring (bicyclic) bond motifs is 1. The predicted octanol–water partition coefficient (Wildman–Crippen LogP) is 3.34. The Balaban J connectivity index is 1.74. The maximum absolute atomic E-state index is 5.62. The Bertz CT molecular complexity index is 722. The van der Waals surface area contributed by atoms with E-state index in [2.05, 4.69) is 29.0 Å². The Morgan fingerprint density at radius 3 is 2.80 bits per heavy atom. The molecular weight excluding hydrogens is 334 g/mol. The molecular formula is C19H23N3O2S. The highest BCUT2D eigenvalue weighted by Gasteiger charge is 2.16. The van der Waals surface area contributed by atoms with Crippen molar-refractivity contribution in [1.82, 2.24) is 15.2 Å². The zero-order valence-corrected chi connectivity index (χ0v) is 15.4. The number of nitrogens with one attached hydrogen (secondary N) is 1. The van der Waals surface area contributed by atoms with Crippen molar-refractivity contribution in [2.45, 2.75) is 26.9 Å². The Morgan fingerprint density at radius 2 is 2.04 bits per heavy atom. The summed E-state index contributed by atoms with van der Waals surface area (Å²) in [6, 6.07) is 11.9. The second kappa shape index (κ2) is 8.16. The third kappa shape index (κ3) is 4.82. The minimum Gasteiger partial charge on any atom is -0.454 e. The summed E-state index contributed by atoms with van der Waals surface area (Å²) in [7, 11) is 0. The lowest BCUT2D eigenvalue weighted by Gasteiger charge is -2.26. The second-order valence-electron chi connectivity index (χ2n) is 6.44. The van der Waals surface area contributed by atoms with E-state index < -0.39 is 0 Å². The summed E-state index contributed by atoms with van der Waals surface area (Å²) in [6.07, 6.45) is 1.80. The van der Waals surface area contributed by atoms with E-state index in [1.54, 1.807) is 6.20 Å². The first-order chi connectivity index (χ1) is 12.1. The normalized spacial score (nSPS) is 12.3. The molecule has 3 rings (SSSR count). The van der Waals surface area contributed by atoms with Crippen molar-refractivity contribution in [3.05, 3.63) is 53.9 Å². The molecule has 0 amide bonds. The molecule has 0 spiro atoms. The maximum atomic E-state index is 5.62. The number of thiocarbonyl (C=S) groups is 1. The summed E-state index contributed by atoms with van der Waals surface area (Å²) in [5.41, 5.74) is 2.10. The van der Waals surface area contributed by atoms with Gasteiger partial charge in [-0.05, 0) is 48.0 Å². The van der Waals surface area contributed by atoms with E-state index in [-0.39, 0.29) is 6.79 Å². The highest BCUT2D eigenvalue weighted by atomic mass is 32.1. The number of benzene rings is 1. The van der Waals surface area contributed by atoms with Gasteiger partial charge < -0.3 is 19.7 Å². The van der Waals surface area contributed by atoms with E-state index in [4.69, 9.17) is 21.7 Å². The molecule has 0 unspecified atom stereocenters. The minimum atomic E-state index is 0.283. The Morgan fingerprint density at radius 1 is 1.20 bits per heavy atom. The van der Waals surface area contributed by atoms with Crippen molar-refractivity contribution >= 4 is 17.3 Å².